The van der Waals surface area contributed by atoms with Crippen LogP contribution >= 0.6 is 12.6 Å². The number of hydrogen-bond donors (Lipinski definition) is 3. The third-order valence-electron chi connectivity index (χ3n) is 1.26. The Balaban J connectivity index is 3.13. The van der Waals surface area contributed by atoms with Gasteiger partial charge in [0.05, 0.1) is 6.33 Å². The van der Waals surface area contributed by atoms with Crippen molar-refractivity contribution in [2.75, 3.05) is 5.75 Å². The highest BCUT2D eigenvalue weighted by molar-refractivity contribution is 7.80. The zero-order valence-corrected chi connectivity index (χ0v) is 7.08. The molecular weight excluding hydrogens is 176 g/mol. The molecule has 1 aromatic rings. The Hall–Kier alpha value is -1.23. The summed E-state index contributed by atoms with van der Waals surface area (Å²) >= 11 is 3.92. The normalized spacial score (nSPS) is 10.8. The summed E-state index contributed by atoms with van der Waals surface area (Å²) in [6.07, 6.45) is 4.28. The van der Waals surface area contributed by atoms with Crippen LogP contribution < -0.4 is 5.56 Å². The van der Waals surface area contributed by atoms with Gasteiger partial charge in [0.2, 0.25) is 5.88 Å². The van der Waals surface area contributed by atoms with E-state index in [1.54, 1.807) is 6.08 Å². The Morgan fingerprint density at radius 2 is 2.50 bits per heavy atom. The summed E-state index contributed by atoms with van der Waals surface area (Å²) in [6, 6.07) is 0. The van der Waals surface area contributed by atoms with Gasteiger partial charge in [0.25, 0.3) is 5.56 Å². The first-order valence-electron chi connectivity index (χ1n) is 3.29. The largest absolute Gasteiger partial charge is 0.493 e. The van der Waals surface area contributed by atoms with E-state index in [0.29, 0.717) is 5.75 Å². The van der Waals surface area contributed by atoms with Gasteiger partial charge in [-0.1, -0.05) is 6.08 Å². The summed E-state index contributed by atoms with van der Waals surface area (Å²) in [4.78, 5) is 16.9. The van der Waals surface area contributed by atoms with Crippen LogP contribution in [0.1, 0.15) is 5.56 Å². The number of rotatable bonds is 2. The number of nitrogens with zero attached hydrogens (tertiary/aromatic N) is 1. The first kappa shape index (κ1) is 8.86. The highest BCUT2D eigenvalue weighted by Crippen LogP contribution is 2.07. The molecule has 2 N–H and O–H groups in total. The monoisotopic (exact) mass is 184 g/mol. The van der Waals surface area contributed by atoms with Crippen LogP contribution in [-0.2, 0) is 0 Å². The van der Waals surface area contributed by atoms with Gasteiger partial charge in [-0.25, -0.2) is 4.98 Å². The molecule has 0 aromatic carbocycles. The molecule has 0 amide bonds. The topological polar surface area (TPSA) is 66.0 Å². The third kappa shape index (κ3) is 1.88. The lowest BCUT2D eigenvalue weighted by Crippen LogP contribution is -2.09. The lowest BCUT2D eigenvalue weighted by atomic mass is 10.3. The zero-order chi connectivity index (χ0) is 8.97. The molecule has 0 saturated carbocycles. The highest BCUT2D eigenvalue weighted by Gasteiger charge is 2.01. The summed E-state index contributed by atoms with van der Waals surface area (Å²) < 4.78 is 0. The van der Waals surface area contributed by atoms with Crippen molar-refractivity contribution < 1.29 is 5.11 Å². The first-order valence-corrected chi connectivity index (χ1v) is 3.93. The van der Waals surface area contributed by atoms with E-state index in [9.17, 15) is 4.79 Å². The smallest absolute Gasteiger partial charge is 0.261 e. The van der Waals surface area contributed by atoms with Crippen molar-refractivity contribution in [3.63, 3.8) is 0 Å². The predicted molar refractivity (Wildman–Crippen MR) is 49.4 cm³/mol. The van der Waals surface area contributed by atoms with E-state index in [1.807, 2.05) is 0 Å². The van der Waals surface area contributed by atoms with Crippen LogP contribution in [0.5, 0.6) is 5.88 Å². The number of aromatic nitrogens is 2. The second-order valence-corrected chi connectivity index (χ2v) is 2.42. The van der Waals surface area contributed by atoms with E-state index >= 15 is 0 Å². The number of H-pyrrole nitrogens is 1. The fraction of sp³-hybridized carbons (Fsp3) is 0.143. The van der Waals surface area contributed by atoms with Crippen LogP contribution in [0.15, 0.2) is 17.2 Å². The van der Waals surface area contributed by atoms with E-state index in [-0.39, 0.29) is 17.0 Å². The van der Waals surface area contributed by atoms with Crippen LogP contribution in [0.2, 0.25) is 0 Å². The second-order valence-electron chi connectivity index (χ2n) is 2.05. The molecule has 0 radical (unpaired) electrons. The fourth-order valence-corrected chi connectivity index (χ4v) is 0.827. The van der Waals surface area contributed by atoms with Gasteiger partial charge < -0.3 is 10.1 Å². The Kier molecular flexibility index (Phi) is 2.93. The molecule has 1 rings (SSSR count). The molecule has 0 unspecified atom stereocenters. The lowest BCUT2D eigenvalue weighted by molar-refractivity contribution is 0.449. The van der Waals surface area contributed by atoms with Crippen molar-refractivity contribution in [1.82, 2.24) is 9.97 Å². The second kappa shape index (κ2) is 3.96. The first-order chi connectivity index (χ1) is 5.75. The molecule has 0 spiro atoms. The zero-order valence-electron chi connectivity index (χ0n) is 6.19. The maximum Gasteiger partial charge on any atom is 0.261 e. The third-order valence-corrected chi connectivity index (χ3v) is 1.47. The van der Waals surface area contributed by atoms with Gasteiger partial charge in [-0.3, -0.25) is 4.79 Å². The van der Waals surface area contributed by atoms with E-state index in [0.717, 1.165) is 6.33 Å². The summed E-state index contributed by atoms with van der Waals surface area (Å²) in [5, 5.41) is 9.11. The molecule has 64 valence electrons. The molecular formula is C7H8N2O2S. The van der Waals surface area contributed by atoms with Crippen molar-refractivity contribution in [3.8, 4) is 5.88 Å². The van der Waals surface area contributed by atoms with Gasteiger partial charge in [0, 0.05) is 5.75 Å². The molecule has 1 aromatic heterocycles. The van der Waals surface area contributed by atoms with Crippen LogP contribution in [-0.4, -0.2) is 20.8 Å². The van der Waals surface area contributed by atoms with Crippen LogP contribution in [0.4, 0.5) is 0 Å². The van der Waals surface area contributed by atoms with Gasteiger partial charge in [-0.05, 0) is 6.08 Å². The summed E-state index contributed by atoms with van der Waals surface area (Å²) in [7, 11) is 0. The fourth-order valence-electron chi connectivity index (χ4n) is 0.722. The maximum absolute atomic E-state index is 11.0. The Morgan fingerprint density at radius 3 is 3.08 bits per heavy atom. The van der Waals surface area contributed by atoms with Gasteiger partial charge in [0.1, 0.15) is 5.56 Å². The van der Waals surface area contributed by atoms with Crippen LogP contribution in [0.3, 0.4) is 0 Å². The molecule has 0 saturated heterocycles. The van der Waals surface area contributed by atoms with Crippen molar-refractivity contribution in [1.29, 1.82) is 0 Å². The van der Waals surface area contributed by atoms with E-state index in [2.05, 4.69) is 22.6 Å². The molecule has 0 bridgehead atoms. The Morgan fingerprint density at radius 1 is 1.75 bits per heavy atom. The maximum atomic E-state index is 11.0. The molecule has 0 fully saturated rings. The number of aromatic amines is 1. The molecule has 0 aliphatic rings. The van der Waals surface area contributed by atoms with Crippen molar-refractivity contribution in [2.24, 2.45) is 0 Å². The highest BCUT2D eigenvalue weighted by atomic mass is 32.1. The lowest BCUT2D eigenvalue weighted by Gasteiger charge is -1.93. The summed E-state index contributed by atoms with van der Waals surface area (Å²) in [5.41, 5.74) is -0.202. The molecule has 1 heterocycles. The van der Waals surface area contributed by atoms with Crippen molar-refractivity contribution in [2.45, 2.75) is 0 Å². The number of thiol groups is 1. The van der Waals surface area contributed by atoms with Gasteiger partial charge in [0.15, 0.2) is 0 Å². The van der Waals surface area contributed by atoms with Crippen molar-refractivity contribution in [3.05, 3.63) is 28.3 Å². The minimum atomic E-state index is -0.361. The quantitative estimate of drug-likeness (QED) is 0.583. The predicted octanol–water partition coefficient (Wildman–Crippen LogP) is 0.419. The molecule has 0 aliphatic heterocycles. The minimum Gasteiger partial charge on any atom is -0.493 e. The number of nitrogens with one attached hydrogen (secondary N) is 1. The van der Waals surface area contributed by atoms with E-state index < -0.39 is 0 Å². The van der Waals surface area contributed by atoms with Gasteiger partial charge in [-0.15, -0.1) is 0 Å². The molecule has 5 heteroatoms. The summed E-state index contributed by atoms with van der Waals surface area (Å²) in [6.45, 7) is 0. The SMILES string of the molecule is O=c1[nH]cnc(O)c1C=CCS. The average Bonchev–Trinajstić information content (AvgIpc) is 2.04. The Labute approximate surface area is 74.4 Å². The number of aromatic hydroxyl groups is 1. The van der Waals surface area contributed by atoms with Gasteiger partial charge in [-0.2, -0.15) is 12.6 Å². The van der Waals surface area contributed by atoms with Gasteiger partial charge >= 0.3 is 0 Å². The standard InChI is InChI=1S/C7H8N2O2S/c10-6-5(2-1-3-12)7(11)9-4-8-6/h1-2,4,12H,3H2,(H2,8,9,10,11). The molecule has 0 atom stereocenters. The van der Waals surface area contributed by atoms with Crippen LogP contribution in [0.25, 0.3) is 6.08 Å². The summed E-state index contributed by atoms with van der Waals surface area (Å²) in [5.74, 6) is 0.241. The Bertz CT molecular complexity index is 346. The van der Waals surface area contributed by atoms with E-state index in [4.69, 9.17) is 5.11 Å². The van der Waals surface area contributed by atoms with Crippen LogP contribution in [0, 0.1) is 0 Å². The molecule has 0 aliphatic carbocycles. The average molecular weight is 184 g/mol. The van der Waals surface area contributed by atoms with E-state index in [1.165, 1.54) is 6.08 Å². The minimum absolute atomic E-state index is 0.159. The van der Waals surface area contributed by atoms with Crippen molar-refractivity contribution >= 4 is 18.7 Å². The molecule has 4 nitrogen and oxygen atoms in total. The number of hydrogen-bond acceptors (Lipinski definition) is 4. The molecule has 12 heavy (non-hydrogen) atoms.